The maximum atomic E-state index is 14.3. The summed E-state index contributed by atoms with van der Waals surface area (Å²) < 4.78 is 47.4. The Bertz CT molecular complexity index is 1630. The molecule has 0 aromatic heterocycles. The molecule has 3 heterocycles. The van der Waals surface area contributed by atoms with E-state index in [0.717, 1.165) is 12.8 Å². The fourth-order valence-electron chi connectivity index (χ4n) is 7.40. The second-order valence-electron chi connectivity index (χ2n) is 14.7. The van der Waals surface area contributed by atoms with Crippen LogP contribution in [0.2, 0.25) is 0 Å². The van der Waals surface area contributed by atoms with E-state index in [1.54, 1.807) is 19.1 Å². The molecule has 0 spiro atoms. The number of carbonyl (C=O) groups excluding carboxylic acids is 4. The van der Waals surface area contributed by atoms with Gasteiger partial charge in [-0.25, -0.2) is 17.6 Å². The van der Waals surface area contributed by atoms with E-state index in [0.29, 0.717) is 36.8 Å². The minimum absolute atomic E-state index is 0.0375. The van der Waals surface area contributed by atoms with E-state index in [-0.39, 0.29) is 44.3 Å². The smallest absolute Gasteiger partial charge is 0.410 e. The van der Waals surface area contributed by atoms with Crippen molar-refractivity contribution >= 4 is 33.8 Å². The van der Waals surface area contributed by atoms with Crippen molar-refractivity contribution in [1.82, 2.24) is 19.8 Å². The summed E-state index contributed by atoms with van der Waals surface area (Å²) in [6.07, 6.45) is 6.19. The van der Waals surface area contributed by atoms with E-state index in [1.165, 1.54) is 15.9 Å². The van der Waals surface area contributed by atoms with Crippen molar-refractivity contribution in [3.05, 3.63) is 47.3 Å². The molecule has 1 unspecified atom stereocenters. The van der Waals surface area contributed by atoms with Crippen LogP contribution >= 0.6 is 0 Å². The number of nitrogens with zero attached hydrogens (tertiary/aromatic N) is 2. The van der Waals surface area contributed by atoms with Gasteiger partial charge in [-0.05, 0) is 68.9 Å². The summed E-state index contributed by atoms with van der Waals surface area (Å²) in [5, 5.41) is 2.83. The molecular formula is C34H46FN5O7S. The zero-order chi connectivity index (χ0) is 34.6. The van der Waals surface area contributed by atoms with E-state index in [2.05, 4.69) is 17.0 Å². The fraction of sp³-hybridized carbons (Fsp3) is 0.647. The van der Waals surface area contributed by atoms with Gasteiger partial charge in [0.25, 0.3) is 5.91 Å². The zero-order valence-corrected chi connectivity index (χ0v) is 28.6. The predicted molar refractivity (Wildman–Crippen MR) is 174 cm³/mol. The zero-order valence-electron chi connectivity index (χ0n) is 27.7. The first-order valence-corrected chi connectivity index (χ1v) is 18.5. The number of allylic oxidation sites excluding steroid dienone is 1. The van der Waals surface area contributed by atoms with Crippen molar-refractivity contribution in [2.45, 2.75) is 114 Å². The van der Waals surface area contributed by atoms with Gasteiger partial charge in [0.15, 0.2) is 0 Å². The molecule has 2 saturated carbocycles. The minimum Gasteiger partial charge on any atom is -0.444 e. The van der Waals surface area contributed by atoms with Crippen LogP contribution in [0.25, 0.3) is 0 Å². The average molecular weight is 688 g/mol. The lowest BCUT2D eigenvalue weighted by Gasteiger charge is -2.31. The van der Waals surface area contributed by atoms with Gasteiger partial charge < -0.3 is 20.7 Å². The van der Waals surface area contributed by atoms with Crippen LogP contribution in [0.15, 0.2) is 30.4 Å². The molecule has 6 rings (SSSR count). The van der Waals surface area contributed by atoms with Crippen molar-refractivity contribution in [2.75, 3.05) is 6.54 Å². The molecule has 0 bridgehead atoms. The highest BCUT2D eigenvalue weighted by atomic mass is 32.2. The number of benzene rings is 1. The third-order valence-corrected chi connectivity index (χ3v) is 13.3. The molecule has 4 amide bonds. The van der Waals surface area contributed by atoms with Crippen LogP contribution in [0.3, 0.4) is 0 Å². The molecule has 262 valence electrons. The molecule has 1 saturated heterocycles. The Hall–Kier alpha value is -3.52. The predicted octanol–water partition coefficient (Wildman–Crippen LogP) is 2.85. The van der Waals surface area contributed by atoms with E-state index < -0.39 is 74.0 Å². The van der Waals surface area contributed by atoms with E-state index in [9.17, 15) is 32.0 Å². The number of ether oxygens (including phenoxy) is 1. The Kier molecular flexibility index (Phi) is 9.12. The van der Waals surface area contributed by atoms with Gasteiger partial charge in [-0.3, -0.25) is 24.0 Å². The van der Waals surface area contributed by atoms with Crippen LogP contribution in [0.5, 0.6) is 0 Å². The van der Waals surface area contributed by atoms with Crippen molar-refractivity contribution in [3.63, 3.8) is 0 Å². The average Bonchev–Trinajstić information content (AvgIpc) is 3.83. The summed E-state index contributed by atoms with van der Waals surface area (Å²) in [6.45, 7) is 5.77. The SMILES string of the molecule is CC[C@@H]1CC(C)CC/C=C\[C@@H]2C[C@@]2(C(=O)NS(=O)(=O)C2(C)CC2)NC(=O)[C@@H]2C[C@@H](OC(=O)N3Cc4cccc(F)c4C3)CN2C(=O)[C@H]1N. The normalized spacial score (nSPS) is 33.7. The van der Waals surface area contributed by atoms with Crippen LogP contribution in [-0.4, -0.2) is 77.1 Å². The van der Waals surface area contributed by atoms with Gasteiger partial charge in [-0.15, -0.1) is 0 Å². The second-order valence-corrected chi connectivity index (χ2v) is 16.9. The van der Waals surface area contributed by atoms with Crippen molar-refractivity contribution in [1.29, 1.82) is 0 Å². The Morgan fingerprint density at radius 3 is 2.62 bits per heavy atom. The molecule has 2 aliphatic carbocycles. The summed E-state index contributed by atoms with van der Waals surface area (Å²) in [7, 11) is -3.97. The number of amides is 4. The number of fused-ring (bicyclic) bond motifs is 3. The quantitative estimate of drug-likeness (QED) is 0.397. The minimum atomic E-state index is -3.97. The van der Waals surface area contributed by atoms with Crippen LogP contribution in [0.1, 0.15) is 83.3 Å². The molecule has 7 atom stereocenters. The number of nitrogens with two attached hydrogens (primary N) is 1. The molecule has 4 N–H and O–H groups in total. The highest BCUT2D eigenvalue weighted by Gasteiger charge is 2.63. The Balaban J connectivity index is 1.25. The Labute approximate surface area is 281 Å². The molecule has 3 aliphatic heterocycles. The van der Waals surface area contributed by atoms with Gasteiger partial charge in [-0.2, -0.15) is 0 Å². The number of carbonyl (C=O) groups is 4. The lowest BCUT2D eigenvalue weighted by atomic mass is 9.85. The highest BCUT2D eigenvalue weighted by Crippen LogP contribution is 2.47. The van der Waals surface area contributed by atoms with Gasteiger partial charge in [0.05, 0.1) is 23.9 Å². The number of halogens is 1. The summed E-state index contributed by atoms with van der Waals surface area (Å²) in [6, 6.07) is 2.63. The first-order chi connectivity index (χ1) is 22.7. The molecule has 1 aromatic rings. The van der Waals surface area contributed by atoms with Crippen LogP contribution in [0, 0.1) is 23.6 Å². The highest BCUT2D eigenvalue weighted by molar-refractivity contribution is 7.91. The second kappa shape index (κ2) is 12.7. The number of rotatable bonds is 5. The van der Waals surface area contributed by atoms with Crippen LogP contribution < -0.4 is 15.8 Å². The van der Waals surface area contributed by atoms with Crippen molar-refractivity contribution in [3.8, 4) is 0 Å². The van der Waals surface area contributed by atoms with Crippen LogP contribution in [0.4, 0.5) is 9.18 Å². The third-order valence-electron chi connectivity index (χ3n) is 11.1. The van der Waals surface area contributed by atoms with Crippen LogP contribution in [-0.2, 0) is 42.2 Å². The van der Waals surface area contributed by atoms with Crippen molar-refractivity contribution in [2.24, 2.45) is 23.5 Å². The van der Waals surface area contributed by atoms with Gasteiger partial charge in [-0.1, -0.05) is 44.6 Å². The van der Waals surface area contributed by atoms with Crippen molar-refractivity contribution < 1.29 is 36.7 Å². The Morgan fingerprint density at radius 2 is 1.94 bits per heavy atom. The molecule has 0 radical (unpaired) electrons. The Morgan fingerprint density at radius 1 is 1.19 bits per heavy atom. The number of hydrogen-bond acceptors (Lipinski definition) is 8. The van der Waals surface area contributed by atoms with Gasteiger partial charge in [0, 0.05) is 24.4 Å². The monoisotopic (exact) mass is 687 g/mol. The molecule has 14 heteroatoms. The standard InChI is InChI=1S/C34H46FN5O7S/c1-4-21-14-20(2)8-5-6-10-23-16-34(23,31(43)38-48(45,46)33(3)12-13-33)37-29(41)27-15-24(18-40(27)30(42)28(21)36)47-32(44)39-17-22-9-7-11-26(35)25(22)19-39/h6-7,9-11,20-21,23-24,27-28H,4-5,8,12-19,36H2,1-3H3,(H,37,41)(H,38,43)/b10-6-/t20?,21-,23-,24-,27+,28+,34-/m1/s1. The van der Waals surface area contributed by atoms with Gasteiger partial charge in [0.1, 0.15) is 23.5 Å². The third kappa shape index (κ3) is 6.45. The molecule has 1 aromatic carbocycles. The van der Waals surface area contributed by atoms with E-state index >= 15 is 0 Å². The van der Waals surface area contributed by atoms with E-state index in [1.807, 2.05) is 19.1 Å². The summed E-state index contributed by atoms with van der Waals surface area (Å²) in [5.41, 5.74) is 6.18. The number of sulfonamides is 1. The first-order valence-electron chi connectivity index (χ1n) is 17.0. The summed E-state index contributed by atoms with van der Waals surface area (Å²) in [5.74, 6) is -2.66. The largest absolute Gasteiger partial charge is 0.444 e. The molecule has 3 fully saturated rings. The molecule has 12 nitrogen and oxygen atoms in total. The maximum absolute atomic E-state index is 14.3. The first kappa shape index (κ1) is 34.3. The molecule has 48 heavy (non-hydrogen) atoms. The fourth-order valence-corrected chi connectivity index (χ4v) is 8.72. The number of hydrogen-bond donors (Lipinski definition) is 3. The molecular weight excluding hydrogens is 641 g/mol. The molecule has 5 aliphatic rings. The van der Waals surface area contributed by atoms with Gasteiger partial charge >= 0.3 is 6.09 Å². The summed E-state index contributed by atoms with van der Waals surface area (Å²) in [4.78, 5) is 57.7. The maximum Gasteiger partial charge on any atom is 0.410 e. The topological polar surface area (TPSA) is 168 Å². The van der Waals surface area contributed by atoms with Gasteiger partial charge in [0.2, 0.25) is 21.8 Å². The lowest BCUT2D eigenvalue weighted by Crippen LogP contribution is -2.58. The van der Waals surface area contributed by atoms with E-state index in [4.69, 9.17) is 10.5 Å². The summed E-state index contributed by atoms with van der Waals surface area (Å²) >= 11 is 0. The number of nitrogens with one attached hydrogen (secondary N) is 2. The lowest BCUT2D eigenvalue weighted by molar-refractivity contribution is -0.141.